The molecule has 0 spiro atoms. The third-order valence-corrected chi connectivity index (χ3v) is 4.49. The number of aromatic nitrogens is 3. The predicted molar refractivity (Wildman–Crippen MR) is 106 cm³/mol. The first-order valence-corrected chi connectivity index (χ1v) is 9.58. The Morgan fingerprint density at radius 2 is 1.75 bits per heavy atom. The fourth-order valence-electron chi connectivity index (χ4n) is 3.39. The second-order valence-electron chi connectivity index (χ2n) is 7.07. The number of rotatable bonds is 6. The van der Waals surface area contributed by atoms with E-state index in [1.807, 2.05) is 0 Å². The molecule has 13 heteroatoms. The number of esters is 3. The Kier molecular flexibility index (Phi) is 6.58. The van der Waals surface area contributed by atoms with Crippen molar-refractivity contribution in [2.45, 2.75) is 52.2 Å². The molecule has 13 nitrogen and oxygen atoms in total. The number of nitrogens with zero attached hydrogens (tertiary/aromatic N) is 2. The van der Waals surface area contributed by atoms with E-state index in [1.165, 1.54) is 44.5 Å². The van der Waals surface area contributed by atoms with Gasteiger partial charge in [0, 0.05) is 33.9 Å². The van der Waals surface area contributed by atoms with Crippen molar-refractivity contribution in [2.75, 3.05) is 11.9 Å². The van der Waals surface area contributed by atoms with Gasteiger partial charge in [0.2, 0.25) is 11.9 Å². The van der Waals surface area contributed by atoms with Gasteiger partial charge in [0.25, 0.3) is 5.56 Å². The number of fused-ring (bicyclic) bond motifs is 1. The zero-order valence-corrected chi connectivity index (χ0v) is 17.7. The summed E-state index contributed by atoms with van der Waals surface area (Å²) in [5, 5.41) is 2.57. The molecule has 1 fully saturated rings. The molecule has 1 amide bonds. The van der Waals surface area contributed by atoms with Crippen LogP contribution < -0.4 is 10.9 Å². The quantitative estimate of drug-likeness (QED) is 0.452. The Balaban J connectivity index is 2.07. The van der Waals surface area contributed by atoms with E-state index in [4.69, 9.17) is 18.9 Å². The molecule has 3 heterocycles. The van der Waals surface area contributed by atoms with E-state index < -0.39 is 53.9 Å². The van der Waals surface area contributed by atoms with E-state index in [-0.39, 0.29) is 23.6 Å². The van der Waals surface area contributed by atoms with Crippen LogP contribution in [0.15, 0.2) is 17.1 Å². The highest BCUT2D eigenvalue weighted by Crippen LogP contribution is 2.36. The van der Waals surface area contributed by atoms with Crippen LogP contribution >= 0.6 is 0 Å². The fraction of sp³-hybridized carbons (Fsp3) is 0.474. The van der Waals surface area contributed by atoms with Crippen LogP contribution in [0, 0.1) is 0 Å². The molecule has 1 aliphatic heterocycles. The highest BCUT2D eigenvalue weighted by atomic mass is 16.7. The van der Waals surface area contributed by atoms with E-state index in [2.05, 4.69) is 15.3 Å². The Morgan fingerprint density at radius 3 is 2.34 bits per heavy atom. The molecule has 2 aromatic heterocycles. The van der Waals surface area contributed by atoms with Crippen LogP contribution in [-0.4, -0.2) is 63.3 Å². The Labute approximate surface area is 181 Å². The van der Waals surface area contributed by atoms with Crippen molar-refractivity contribution in [3.63, 3.8) is 0 Å². The predicted octanol–water partition coefficient (Wildman–Crippen LogP) is 0.00690. The highest BCUT2D eigenvalue weighted by molar-refractivity contribution is 5.88. The first-order valence-electron chi connectivity index (χ1n) is 9.58. The van der Waals surface area contributed by atoms with Crippen molar-refractivity contribution < 1.29 is 38.1 Å². The molecule has 3 rings (SSSR count). The lowest BCUT2D eigenvalue weighted by Crippen LogP contribution is -2.40. The van der Waals surface area contributed by atoms with E-state index in [1.54, 1.807) is 0 Å². The maximum atomic E-state index is 12.4. The SMILES string of the molecule is CC(=O)Nc1nc2c(ccn2[C@@H]2O[C@H](COC(C)=O)[C@@H](OC(C)=O)[C@H]2OC(C)=O)c(=O)[nH]1. The number of aromatic amines is 1. The molecule has 1 aliphatic rings. The van der Waals surface area contributed by atoms with Crippen LogP contribution in [0.5, 0.6) is 0 Å². The maximum Gasteiger partial charge on any atom is 0.303 e. The monoisotopic (exact) mass is 450 g/mol. The zero-order valence-electron chi connectivity index (χ0n) is 17.7. The molecule has 4 atom stereocenters. The summed E-state index contributed by atoms with van der Waals surface area (Å²) in [4.78, 5) is 65.2. The molecular weight excluding hydrogens is 428 g/mol. The summed E-state index contributed by atoms with van der Waals surface area (Å²) in [5.41, 5.74) is -0.401. The van der Waals surface area contributed by atoms with Crippen LogP contribution in [-0.2, 0) is 38.1 Å². The summed E-state index contributed by atoms with van der Waals surface area (Å²) < 4.78 is 23.1. The first-order chi connectivity index (χ1) is 15.1. The molecule has 172 valence electrons. The maximum absolute atomic E-state index is 12.4. The molecule has 1 saturated heterocycles. The lowest BCUT2D eigenvalue weighted by Gasteiger charge is -2.24. The van der Waals surface area contributed by atoms with E-state index >= 15 is 0 Å². The Hall–Kier alpha value is -3.74. The van der Waals surface area contributed by atoms with Crippen LogP contribution in [0.3, 0.4) is 0 Å². The van der Waals surface area contributed by atoms with Gasteiger partial charge < -0.3 is 23.5 Å². The minimum Gasteiger partial charge on any atom is -0.463 e. The standard InChI is InChI=1S/C19H22N4O9/c1-8(24)20-19-21-16-12(17(28)22-19)5-6-23(16)18-15(31-11(4)27)14(30-10(3)26)13(32-18)7-29-9(2)25/h5-6,13-15,18H,7H2,1-4H3,(H2,20,21,22,24,28)/t13-,14-,15-,18-/m1/s1. The second kappa shape index (κ2) is 9.18. The van der Waals surface area contributed by atoms with Gasteiger partial charge in [0.05, 0.1) is 5.39 Å². The summed E-state index contributed by atoms with van der Waals surface area (Å²) in [5.74, 6) is -2.46. The van der Waals surface area contributed by atoms with Crippen LogP contribution in [0.1, 0.15) is 33.9 Å². The number of hydrogen-bond acceptors (Lipinski definition) is 10. The lowest BCUT2D eigenvalue weighted by atomic mass is 10.1. The third kappa shape index (κ3) is 4.94. The van der Waals surface area contributed by atoms with Gasteiger partial charge >= 0.3 is 17.9 Å². The second-order valence-corrected chi connectivity index (χ2v) is 7.07. The normalized spacial score (nSPS) is 22.4. The van der Waals surface area contributed by atoms with Crippen molar-refractivity contribution in [1.82, 2.24) is 14.5 Å². The van der Waals surface area contributed by atoms with Gasteiger partial charge in [-0.05, 0) is 6.07 Å². The molecule has 0 bridgehead atoms. The van der Waals surface area contributed by atoms with E-state index in [0.717, 1.165) is 0 Å². The summed E-state index contributed by atoms with van der Waals surface area (Å²) in [6.07, 6.45) is -2.81. The summed E-state index contributed by atoms with van der Waals surface area (Å²) in [6, 6.07) is 1.47. The van der Waals surface area contributed by atoms with Crippen LogP contribution in [0.25, 0.3) is 11.0 Å². The average molecular weight is 450 g/mol. The summed E-state index contributed by atoms with van der Waals surface area (Å²) in [7, 11) is 0. The molecule has 2 aromatic rings. The Morgan fingerprint density at radius 1 is 1.09 bits per heavy atom. The molecule has 2 N–H and O–H groups in total. The van der Waals surface area contributed by atoms with Crippen molar-refractivity contribution in [1.29, 1.82) is 0 Å². The van der Waals surface area contributed by atoms with Crippen LogP contribution in [0.2, 0.25) is 0 Å². The number of hydrogen-bond donors (Lipinski definition) is 2. The average Bonchev–Trinajstić information content (AvgIpc) is 3.21. The first kappa shape index (κ1) is 22.9. The number of carbonyl (C=O) groups is 4. The largest absolute Gasteiger partial charge is 0.463 e. The Bertz CT molecular complexity index is 1120. The third-order valence-electron chi connectivity index (χ3n) is 4.49. The van der Waals surface area contributed by atoms with Gasteiger partial charge in [-0.1, -0.05) is 0 Å². The van der Waals surface area contributed by atoms with Crippen molar-refractivity contribution in [2.24, 2.45) is 0 Å². The minimum atomic E-state index is -1.14. The number of H-pyrrole nitrogens is 1. The van der Waals surface area contributed by atoms with E-state index in [9.17, 15) is 24.0 Å². The molecule has 0 aliphatic carbocycles. The van der Waals surface area contributed by atoms with Gasteiger partial charge in [-0.25, -0.2) is 0 Å². The summed E-state index contributed by atoms with van der Waals surface area (Å²) >= 11 is 0. The van der Waals surface area contributed by atoms with E-state index in [0.29, 0.717) is 0 Å². The van der Waals surface area contributed by atoms with Gasteiger partial charge in [-0.3, -0.25) is 34.3 Å². The number of anilines is 1. The molecular formula is C19H22N4O9. The molecule has 0 unspecified atom stereocenters. The van der Waals surface area contributed by atoms with Gasteiger partial charge in [-0.15, -0.1) is 0 Å². The van der Waals surface area contributed by atoms with Crippen molar-refractivity contribution in [3.8, 4) is 0 Å². The highest BCUT2D eigenvalue weighted by Gasteiger charge is 2.50. The zero-order chi connectivity index (χ0) is 23.6. The molecule has 0 saturated carbocycles. The lowest BCUT2D eigenvalue weighted by molar-refractivity contribution is -0.166. The smallest absolute Gasteiger partial charge is 0.303 e. The molecule has 32 heavy (non-hydrogen) atoms. The molecule has 0 radical (unpaired) electrons. The molecule has 0 aromatic carbocycles. The van der Waals surface area contributed by atoms with Gasteiger partial charge in [0.15, 0.2) is 24.1 Å². The summed E-state index contributed by atoms with van der Waals surface area (Å²) in [6.45, 7) is 4.53. The number of carbonyl (C=O) groups excluding carboxylic acids is 4. The van der Waals surface area contributed by atoms with Gasteiger partial charge in [0.1, 0.15) is 12.7 Å². The number of nitrogens with one attached hydrogen (secondary N) is 2. The fourth-order valence-corrected chi connectivity index (χ4v) is 3.39. The van der Waals surface area contributed by atoms with Gasteiger partial charge in [-0.2, -0.15) is 4.98 Å². The van der Waals surface area contributed by atoms with Crippen molar-refractivity contribution in [3.05, 3.63) is 22.6 Å². The topological polar surface area (TPSA) is 168 Å². The minimum absolute atomic E-state index is 0.0926. The van der Waals surface area contributed by atoms with Crippen molar-refractivity contribution >= 4 is 40.8 Å². The number of ether oxygens (including phenoxy) is 4. The number of amides is 1. The van der Waals surface area contributed by atoms with Crippen LogP contribution in [0.4, 0.5) is 5.95 Å².